The summed E-state index contributed by atoms with van der Waals surface area (Å²) in [5, 5.41) is 5.52. The van der Waals surface area contributed by atoms with Crippen LogP contribution in [0.4, 0.5) is 11.4 Å². The zero-order valence-corrected chi connectivity index (χ0v) is 13.8. The number of morpholine rings is 1. The van der Waals surface area contributed by atoms with Crippen LogP contribution in [0.15, 0.2) is 29.6 Å². The van der Waals surface area contributed by atoms with Crippen molar-refractivity contribution in [2.45, 2.75) is 6.92 Å². The van der Waals surface area contributed by atoms with Gasteiger partial charge in [0.05, 0.1) is 29.5 Å². The maximum atomic E-state index is 12.5. The molecule has 1 aliphatic heterocycles. The van der Waals surface area contributed by atoms with Crippen molar-refractivity contribution in [2.75, 3.05) is 36.5 Å². The summed E-state index contributed by atoms with van der Waals surface area (Å²) < 4.78 is 5.39. The number of thiophene rings is 1. The average Bonchev–Trinajstić information content (AvgIpc) is 2.94. The molecule has 0 atom stereocenters. The molecule has 4 nitrogen and oxygen atoms in total. The predicted octanol–water partition coefficient (Wildman–Crippen LogP) is 3.80. The number of ether oxygens (including phenoxy) is 1. The van der Waals surface area contributed by atoms with Gasteiger partial charge < -0.3 is 15.0 Å². The molecule has 1 aliphatic rings. The maximum absolute atomic E-state index is 12.5. The second-order valence-electron chi connectivity index (χ2n) is 5.15. The van der Waals surface area contributed by atoms with E-state index in [1.54, 1.807) is 6.07 Å². The highest BCUT2D eigenvalue weighted by Gasteiger charge is 2.18. The van der Waals surface area contributed by atoms with Gasteiger partial charge >= 0.3 is 0 Å². The number of hydrogen-bond donors (Lipinski definition) is 1. The molecule has 3 rings (SSSR count). The van der Waals surface area contributed by atoms with E-state index in [9.17, 15) is 4.79 Å². The third-order valence-electron chi connectivity index (χ3n) is 3.63. The van der Waals surface area contributed by atoms with Gasteiger partial charge in [0.2, 0.25) is 0 Å². The van der Waals surface area contributed by atoms with Crippen LogP contribution in [0.25, 0.3) is 0 Å². The van der Waals surface area contributed by atoms with Crippen molar-refractivity contribution >= 4 is 40.2 Å². The first-order valence-electron chi connectivity index (χ1n) is 7.13. The lowest BCUT2D eigenvalue weighted by atomic mass is 10.2. The fourth-order valence-corrected chi connectivity index (χ4v) is 3.47. The topological polar surface area (TPSA) is 41.6 Å². The van der Waals surface area contributed by atoms with Crippen LogP contribution in [0.1, 0.15) is 15.2 Å². The summed E-state index contributed by atoms with van der Waals surface area (Å²) in [5.41, 5.74) is 2.71. The molecule has 1 amide bonds. The maximum Gasteiger partial charge on any atom is 0.266 e. The van der Waals surface area contributed by atoms with Crippen LogP contribution in [-0.2, 0) is 4.74 Å². The molecule has 2 heterocycles. The zero-order chi connectivity index (χ0) is 15.5. The lowest BCUT2D eigenvalue weighted by Crippen LogP contribution is -2.36. The third-order valence-corrected chi connectivity index (χ3v) is 4.88. The molecule has 116 valence electrons. The summed E-state index contributed by atoms with van der Waals surface area (Å²) in [5.74, 6) is -0.0933. The lowest BCUT2D eigenvalue weighted by molar-refractivity contribution is 0.103. The molecule has 1 aromatic carbocycles. The number of aryl methyl sites for hydroxylation is 1. The Labute approximate surface area is 138 Å². The summed E-state index contributed by atoms with van der Waals surface area (Å²) in [6.07, 6.45) is 0. The molecule has 1 N–H and O–H groups in total. The van der Waals surface area contributed by atoms with E-state index in [0.29, 0.717) is 18.2 Å². The van der Waals surface area contributed by atoms with Gasteiger partial charge in [-0.25, -0.2) is 0 Å². The number of amides is 1. The predicted molar refractivity (Wildman–Crippen MR) is 91.5 cm³/mol. The molecular weight excluding hydrogens is 320 g/mol. The fraction of sp³-hybridized carbons (Fsp3) is 0.312. The molecule has 1 saturated heterocycles. The molecule has 0 spiro atoms. The molecule has 2 aromatic rings. The molecule has 6 heteroatoms. The van der Waals surface area contributed by atoms with E-state index in [1.807, 2.05) is 30.5 Å². The summed E-state index contributed by atoms with van der Waals surface area (Å²) in [6.45, 7) is 4.94. The first kappa shape index (κ1) is 15.3. The largest absolute Gasteiger partial charge is 0.378 e. The van der Waals surface area contributed by atoms with Crippen molar-refractivity contribution < 1.29 is 9.53 Å². The van der Waals surface area contributed by atoms with Crippen LogP contribution in [0.3, 0.4) is 0 Å². The van der Waals surface area contributed by atoms with Gasteiger partial charge in [0, 0.05) is 18.1 Å². The second kappa shape index (κ2) is 6.69. The molecular formula is C16H17ClN2O2S. The van der Waals surface area contributed by atoms with Crippen molar-refractivity contribution in [3.05, 3.63) is 45.1 Å². The lowest BCUT2D eigenvalue weighted by Gasteiger charge is -2.30. The second-order valence-corrected chi connectivity index (χ2v) is 6.50. The molecule has 0 bridgehead atoms. The van der Waals surface area contributed by atoms with E-state index < -0.39 is 0 Å². The Morgan fingerprint density at radius 3 is 2.77 bits per heavy atom. The number of hydrogen-bond acceptors (Lipinski definition) is 4. The number of halogens is 1. The molecule has 1 fully saturated rings. The summed E-state index contributed by atoms with van der Waals surface area (Å²) in [7, 11) is 0. The summed E-state index contributed by atoms with van der Waals surface area (Å²) >= 11 is 7.55. The Kier molecular flexibility index (Phi) is 4.66. The van der Waals surface area contributed by atoms with E-state index in [4.69, 9.17) is 16.3 Å². The van der Waals surface area contributed by atoms with E-state index in [0.717, 1.165) is 34.9 Å². The Morgan fingerprint density at radius 1 is 1.32 bits per heavy atom. The fourth-order valence-electron chi connectivity index (χ4n) is 2.47. The van der Waals surface area contributed by atoms with Crippen molar-refractivity contribution in [2.24, 2.45) is 0 Å². The normalized spacial score (nSPS) is 14.9. The van der Waals surface area contributed by atoms with Gasteiger partial charge in [0.25, 0.3) is 5.91 Å². The Balaban J connectivity index is 1.87. The van der Waals surface area contributed by atoms with E-state index in [-0.39, 0.29) is 5.91 Å². The van der Waals surface area contributed by atoms with Gasteiger partial charge in [-0.3, -0.25) is 4.79 Å². The van der Waals surface area contributed by atoms with Gasteiger partial charge in [-0.05, 0) is 42.1 Å². The number of carbonyl (C=O) groups is 1. The van der Waals surface area contributed by atoms with Gasteiger partial charge in [0.15, 0.2) is 0 Å². The minimum atomic E-state index is -0.0933. The molecule has 0 saturated carbocycles. The SMILES string of the molecule is Cc1ccsc1C(=O)Nc1cc(Cl)ccc1N1CCOCC1. The van der Waals surface area contributed by atoms with E-state index >= 15 is 0 Å². The number of benzene rings is 1. The summed E-state index contributed by atoms with van der Waals surface area (Å²) in [6, 6.07) is 7.54. The van der Waals surface area contributed by atoms with Crippen molar-refractivity contribution in [1.29, 1.82) is 0 Å². The summed E-state index contributed by atoms with van der Waals surface area (Å²) in [4.78, 5) is 15.4. The first-order valence-corrected chi connectivity index (χ1v) is 8.38. The number of nitrogens with zero attached hydrogens (tertiary/aromatic N) is 1. The molecule has 1 aromatic heterocycles. The van der Waals surface area contributed by atoms with E-state index in [2.05, 4.69) is 10.2 Å². The van der Waals surface area contributed by atoms with Gasteiger partial charge in [-0.15, -0.1) is 11.3 Å². The van der Waals surface area contributed by atoms with Gasteiger partial charge in [-0.1, -0.05) is 11.6 Å². The highest BCUT2D eigenvalue weighted by Crippen LogP contribution is 2.31. The van der Waals surface area contributed by atoms with Gasteiger partial charge in [-0.2, -0.15) is 0 Å². The minimum Gasteiger partial charge on any atom is -0.378 e. The highest BCUT2D eigenvalue weighted by atomic mass is 35.5. The standard InChI is InChI=1S/C16H17ClN2O2S/c1-11-4-9-22-15(11)16(20)18-13-10-12(17)2-3-14(13)19-5-7-21-8-6-19/h2-4,9-10H,5-8H2,1H3,(H,18,20). The van der Waals surface area contributed by atoms with Crippen molar-refractivity contribution in [1.82, 2.24) is 0 Å². The van der Waals surface area contributed by atoms with Crippen molar-refractivity contribution in [3.63, 3.8) is 0 Å². The molecule has 0 aliphatic carbocycles. The van der Waals surface area contributed by atoms with Gasteiger partial charge in [0.1, 0.15) is 0 Å². The zero-order valence-electron chi connectivity index (χ0n) is 12.3. The molecule has 0 radical (unpaired) electrons. The Hall–Kier alpha value is -1.56. The first-order chi connectivity index (χ1) is 10.6. The van der Waals surface area contributed by atoms with Crippen LogP contribution in [0, 0.1) is 6.92 Å². The number of nitrogens with one attached hydrogen (secondary N) is 1. The average molecular weight is 337 g/mol. The monoisotopic (exact) mass is 336 g/mol. The van der Waals surface area contributed by atoms with Crippen LogP contribution < -0.4 is 10.2 Å². The number of rotatable bonds is 3. The minimum absolute atomic E-state index is 0.0933. The Bertz CT molecular complexity index is 681. The quantitative estimate of drug-likeness (QED) is 0.927. The molecule has 0 unspecified atom stereocenters. The molecule has 22 heavy (non-hydrogen) atoms. The number of anilines is 2. The van der Waals surface area contributed by atoms with Crippen LogP contribution in [-0.4, -0.2) is 32.2 Å². The highest BCUT2D eigenvalue weighted by molar-refractivity contribution is 7.12. The van der Waals surface area contributed by atoms with Crippen LogP contribution in [0.5, 0.6) is 0 Å². The van der Waals surface area contributed by atoms with E-state index in [1.165, 1.54) is 11.3 Å². The smallest absolute Gasteiger partial charge is 0.266 e. The number of carbonyl (C=O) groups excluding carboxylic acids is 1. The third kappa shape index (κ3) is 3.27. The Morgan fingerprint density at radius 2 is 2.09 bits per heavy atom. The van der Waals surface area contributed by atoms with Crippen molar-refractivity contribution in [3.8, 4) is 0 Å². The van der Waals surface area contributed by atoms with Crippen LogP contribution >= 0.6 is 22.9 Å². The van der Waals surface area contributed by atoms with Crippen LogP contribution in [0.2, 0.25) is 5.02 Å².